The molecule has 0 atom stereocenters. The average molecular weight is 411 g/mol. The molecule has 0 fully saturated rings. The van der Waals surface area contributed by atoms with Crippen molar-refractivity contribution >= 4 is 23.3 Å². The van der Waals surface area contributed by atoms with Gasteiger partial charge in [0.25, 0.3) is 12.3 Å². The zero-order valence-corrected chi connectivity index (χ0v) is 15.0. The number of aliphatic hydroxyl groups is 1. The van der Waals surface area contributed by atoms with E-state index >= 15 is 0 Å². The molecule has 1 aromatic carbocycles. The van der Waals surface area contributed by atoms with Gasteiger partial charge < -0.3 is 15.0 Å². The Kier molecular flexibility index (Phi) is 5.96. The van der Waals surface area contributed by atoms with Gasteiger partial charge in [0.2, 0.25) is 0 Å². The molecule has 0 spiro atoms. The maximum Gasteiger partial charge on any atom is 0.265 e. The summed E-state index contributed by atoms with van der Waals surface area (Å²) in [7, 11) is 0. The molecule has 2 N–H and O–H groups in total. The molecule has 2 heterocycles. The standard InChI is InChI=1S/C18H14ClF3N4O2/c19-13-3-10(1-2-14(13)20)6-26-7-16(24-9-26)25-18(28)11-4-12(17(21)22)15(8-27)23-5-11/h1-5,7,9,17,27H,6,8H2,(H,25,28). The number of carbonyl (C=O) groups is 1. The second-order valence-electron chi connectivity index (χ2n) is 5.85. The van der Waals surface area contributed by atoms with Crippen LogP contribution in [0.3, 0.4) is 0 Å². The van der Waals surface area contributed by atoms with Crippen molar-refractivity contribution < 1.29 is 23.1 Å². The fourth-order valence-corrected chi connectivity index (χ4v) is 2.71. The molecule has 0 bridgehead atoms. The molecule has 0 aliphatic rings. The fraction of sp³-hybridized carbons (Fsp3) is 0.167. The van der Waals surface area contributed by atoms with Crippen LogP contribution >= 0.6 is 11.6 Å². The quantitative estimate of drug-likeness (QED) is 0.647. The van der Waals surface area contributed by atoms with E-state index in [0.29, 0.717) is 6.54 Å². The van der Waals surface area contributed by atoms with Gasteiger partial charge in [-0.1, -0.05) is 17.7 Å². The van der Waals surface area contributed by atoms with Crippen LogP contribution in [-0.4, -0.2) is 25.5 Å². The summed E-state index contributed by atoms with van der Waals surface area (Å²) in [4.78, 5) is 20.0. The highest BCUT2D eigenvalue weighted by Gasteiger charge is 2.18. The first kappa shape index (κ1) is 19.8. The van der Waals surface area contributed by atoms with E-state index in [2.05, 4.69) is 15.3 Å². The summed E-state index contributed by atoms with van der Waals surface area (Å²) < 4.78 is 40.9. The number of pyridine rings is 1. The molecule has 0 aliphatic carbocycles. The molecular formula is C18H14ClF3N4O2. The van der Waals surface area contributed by atoms with Crippen molar-refractivity contribution in [2.24, 2.45) is 0 Å². The van der Waals surface area contributed by atoms with Crippen molar-refractivity contribution in [1.82, 2.24) is 14.5 Å². The van der Waals surface area contributed by atoms with Gasteiger partial charge in [-0.15, -0.1) is 0 Å². The summed E-state index contributed by atoms with van der Waals surface area (Å²) in [6, 6.07) is 5.28. The molecule has 146 valence electrons. The van der Waals surface area contributed by atoms with Crippen LogP contribution in [0, 0.1) is 5.82 Å². The van der Waals surface area contributed by atoms with Crippen LogP contribution in [0.1, 0.15) is 33.6 Å². The lowest BCUT2D eigenvalue weighted by Crippen LogP contribution is -2.14. The van der Waals surface area contributed by atoms with Crippen LogP contribution in [0.25, 0.3) is 0 Å². The van der Waals surface area contributed by atoms with Gasteiger partial charge in [-0.2, -0.15) is 0 Å². The van der Waals surface area contributed by atoms with Crippen LogP contribution in [0.4, 0.5) is 19.0 Å². The number of aromatic nitrogens is 3. The highest BCUT2D eigenvalue weighted by atomic mass is 35.5. The monoisotopic (exact) mass is 410 g/mol. The zero-order chi connectivity index (χ0) is 20.3. The molecular weight excluding hydrogens is 397 g/mol. The summed E-state index contributed by atoms with van der Waals surface area (Å²) in [5, 5.41) is 11.5. The Morgan fingerprint density at radius 3 is 2.75 bits per heavy atom. The minimum Gasteiger partial charge on any atom is -0.390 e. The number of alkyl halides is 2. The van der Waals surface area contributed by atoms with E-state index in [4.69, 9.17) is 16.7 Å². The Hall–Kier alpha value is -2.91. The van der Waals surface area contributed by atoms with Gasteiger partial charge in [0.05, 0.1) is 29.2 Å². The number of aliphatic hydroxyl groups excluding tert-OH is 1. The Labute approximate surface area is 162 Å². The highest BCUT2D eigenvalue weighted by Crippen LogP contribution is 2.23. The van der Waals surface area contributed by atoms with Crippen molar-refractivity contribution in [3.8, 4) is 0 Å². The first-order chi connectivity index (χ1) is 13.4. The number of benzene rings is 1. The summed E-state index contributed by atoms with van der Waals surface area (Å²) >= 11 is 5.75. The lowest BCUT2D eigenvalue weighted by atomic mass is 10.1. The van der Waals surface area contributed by atoms with E-state index in [9.17, 15) is 18.0 Å². The predicted molar refractivity (Wildman–Crippen MR) is 95.8 cm³/mol. The van der Waals surface area contributed by atoms with Gasteiger partial charge in [-0.05, 0) is 23.8 Å². The Bertz CT molecular complexity index is 1010. The van der Waals surface area contributed by atoms with Crippen LogP contribution in [0.2, 0.25) is 5.02 Å². The van der Waals surface area contributed by atoms with Gasteiger partial charge in [0.1, 0.15) is 5.82 Å². The highest BCUT2D eigenvalue weighted by molar-refractivity contribution is 6.30. The van der Waals surface area contributed by atoms with E-state index in [1.54, 1.807) is 10.6 Å². The number of halogens is 4. The smallest absolute Gasteiger partial charge is 0.265 e. The molecule has 10 heteroatoms. The number of amides is 1. The van der Waals surface area contributed by atoms with Crippen LogP contribution in [0.5, 0.6) is 0 Å². The first-order valence-corrected chi connectivity index (χ1v) is 8.40. The molecule has 0 unspecified atom stereocenters. The predicted octanol–water partition coefficient (Wildman–Crippen LogP) is 3.80. The zero-order valence-electron chi connectivity index (χ0n) is 14.2. The second-order valence-corrected chi connectivity index (χ2v) is 6.26. The third-order valence-electron chi connectivity index (χ3n) is 3.87. The lowest BCUT2D eigenvalue weighted by Gasteiger charge is -2.08. The molecule has 0 saturated carbocycles. The van der Waals surface area contributed by atoms with Crippen molar-refractivity contribution in [2.45, 2.75) is 19.6 Å². The number of nitrogens with one attached hydrogen (secondary N) is 1. The molecule has 6 nitrogen and oxygen atoms in total. The van der Waals surface area contributed by atoms with Crippen molar-refractivity contribution in [3.63, 3.8) is 0 Å². The number of hydrogen-bond donors (Lipinski definition) is 2. The molecule has 3 rings (SSSR count). The molecule has 28 heavy (non-hydrogen) atoms. The lowest BCUT2D eigenvalue weighted by molar-refractivity contribution is 0.102. The second kappa shape index (κ2) is 8.41. The molecule has 0 aliphatic heterocycles. The van der Waals surface area contributed by atoms with E-state index in [1.165, 1.54) is 24.7 Å². The summed E-state index contributed by atoms with van der Waals surface area (Å²) in [5.41, 5.74) is -0.0536. The maximum absolute atomic E-state index is 13.2. The summed E-state index contributed by atoms with van der Waals surface area (Å²) in [6.45, 7) is -0.315. The Balaban J connectivity index is 1.71. The topological polar surface area (TPSA) is 80.0 Å². The third kappa shape index (κ3) is 4.49. The Morgan fingerprint density at radius 1 is 1.29 bits per heavy atom. The number of hydrogen-bond acceptors (Lipinski definition) is 4. The van der Waals surface area contributed by atoms with Crippen LogP contribution in [0.15, 0.2) is 43.0 Å². The largest absolute Gasteiger partial charge is 0.390 e. The van der Waals surface area contributed by atoms with E-state index < -0.39 is 30.3 Å². The van der Waals surface area contributed by atoms with Gasteiger partial charge >= 0.3 is 0 Å². The average Bonchev–Trinajstić information content (AvgIpc) is 3.10. The van der Waals surface area contributed by atoms with Gasteiger partial charge in [-0.3, -0.25) is 9.78 Å². The Morgan fingerprint density at radius 2 is 2.07 bits per heavy atom. The summed E-state index contributed by atoms with van der Waals surface area (Å²) in [5.74, 6) is -0.995. The number of rotatable bonds is 6. The van der Waals surface area contributed by atoms with Crippen molar-refractivity contribution in [2.75, 3.05) is 5.32 Å². The fourth-order valence-electron chi connectivity index (χ4n) is 2.50. The SMILES string of the molecule is O=C(Nc1cn(Cc2ccc(F)c(Cl)c2)cn1)c1cnc(CO)c(C(F)F)c1. The van der Waals surface area contributed by atoms with Gasteiger partial charge in [-0.25, -0.2) is 18.2 Å². The molecule has 1 amide bonds. The normalized spacial score (nSPS) is 11.1. The number of anilines is 1. The van der Waals surface area contributed by atoms with E-state index in [0.717, 1.165) is 17.8 Å². The third-order valence-corrected chi connectivity index (χ3v) is 4.16. The van der Waals surface area contributed by atoms with Crippen LogP contribution < -0.4 is 5.32 Å². The molecule has 0 radical (unpaired) electrons. The number of nitrogens with zero attached hydrogens (tertiary/aromatic N) is 3. The summed E-state index contributed by atoms with van der Waals surface area (Å²) in [6.07, 6.45) is 1.21. The molecule has 0 saturated heterocycles. The van der Waals surface area contributed by atoms with Gasteiger partial charge in [0.15, 0.2) is 5.82 Å². The maximum atomic E-state index is 13.2. The van der Waals surface area contributed by atoms with Crippen molar-refractivity contribution in [1.29, 1.82) is 0 Å². The minimum absolute atomic E-state index is 0.000183. The van der Waals surface area contributed by atoms with Crippen LogP contribution in [-0.2, 0) is 13.2 Å². The van der Waals surface area contributed by atoms with E-state index in [-0.39, 0.29) is 22.1 Å². The molecule has 3 aromatic rings. The first-order valence-electron chi connectivity index (χ1n) is 8.02. The van der Waals surface area contributed by atoms with Crippen molar-refractivity contribution in [3.05, 3.63) is 76.2 Å². The number of imidazole rings is 1. The molecule has 2 aromatic heterocycles. The number of carbonyl (C=O) groups excluding carboxylic acids is 1. The van der Waals surface area contributed by atoms with E-state index in [1.807, 2.05) is 0 Å². The van der Waals surface area contributed by atoms with Gasteiger partial charge in [0, 0.05) is 24.5 Å². The minimum atomic E-state index is -2.87.